The Balaban J connectivity index is 1.77. The van der Waals surface area contributed by atoms with E-state index < -0.39 is 22.3 Å². The predicted molar refractivity (Wildman–Crippen MR) is 107 cm³/mol. The number of aromatic nitrogens is 1. The Morgan fingerprint density at radius 3 is 2.59 bits per heavy atom. The smallest absolute Gasteiger partial charge is 0.341 e. The van der Waals surface area contributed by atoms with Gasteiger partial charge in [0, 0.05) is 34.9 Å². The molecule has 4 nitrogen and oxygen atoms in total. The highest BCUT2D eigenvalue weighted by Gasteiger charge is 2.33. The van der Waals surface area contributed by atoms with Crippen LogP contribution >= 0.6 is 22.9 Å². The number of rotatable bonds is 3. The maximum Gasteiger partial charge on any atom is 0.417 e. The zero-order chi connectivity index (χ0) is 20.8. The molecule has 3 aromatic rings. The topological polar surface area (TPSA) is 42.3 Å². The van der Waals surface area contributed by atoms with Gasteiger partial charge in [0.15, 0.2) is 0 Å². The van der Waals surface area contributed by atoms with Gasteiger partial charge in [-0.25, -0.2) is 0 Å². The molecule has 1 amide bonds. The number of nitrogens with zero attached hydrogens (tertiary/aromatic N) is 2. The van der Waals surface area contributed by atoms with E-state index in [-0.39, 0.29) is 18.0 Å². The van der Waals surface area contributed by atoms with Crippen LogP contribution in [-0.4, -0.2) is 28.5 Å². The third-order valence-corrected chi connectivity index (χ3v) is 6.32. The summed E-state index contributed by atoms with van der Waals surface area (Å²) >= 11 is 6.98. The van der Waals surface area contributed by atoms with Gasteiger partial charge in [0.2, 0.25) is 5.91 Å². The Kier molecular flexibility index (Phi) is 5.16. The summed E-state index contributed by atoms with van der Waals surface area (Å²) in [5.74, 6) is -0.133. The summed E-state index contributed by atoms with van der Waals surface area (Å²) in [7, 11) is 0. The molecule has 1 aliphatic rings. The SMILES string of the molecule is O=C(Cn1ccc2scc(-c3ccc(Cl)c(C(F)(F)F)c3)c2c1=O)N1CCCC1. The number of hydrogen-bond donors (Lipinski definition) is 0. The average Bonchev–Trinajstić information content (AvgIpc) is 3.33. The van der Waals surface area contributed by atoms with E-state index in [9.17, 15) is 22.8 Å². The van der Waals surface area contributed by atoms with Crippen molar-refractivity contribution in [3.05, 3.63) is 56.8 Å². The van der Waals surface area contributed by atoms with Gasteiger partial charge in [0.1, 0.15) is 6.54 Å². The minimum Gasteiger partial charge on any atom is -0.341 e. The molecule has 2 aromatic heterocycles. The normalized spacial score (nSPS) is 14.7. The molecule has 1 fully saturated rings. The van der Waals surface area contributed by atoms with Crippen molar-refractivity contribution in [2.45, 2.75) is 25.6 Å². The van der Waals surface area contributed by atoms with Crippen LogP contribution in [0.1, 0.15) is 18.4 Å². The maximum absolute atomic E-state index is 13.2. The number of carbonyl (C=O) groups excluding carboxylic acids is 1. The van der Waals surface area contributed by atoms with Crippen molar-refractivity contribution in [2.24, 2.45) is 0 Å². The van der Waals surface area contributed by atoms with Crippen LogP contribution in [-0.2, 0) is 17.5 Å². The van der Waals surface area contributed by atoms with Gasteiger partial charge >= 0.3 is 6.18 Å². The molecule has 1 aromatic carbocycles. The van der Waals surface area contributed by atoms with E-state index in [4.69, 9.17) is 11.6 Å². The molecule has 1 aliphatic heterocycles. The van der Waals surface area contributed by atoms with Crippen molar-refractivity contribution < 1.29 is 18.0 Å². The van der Waals surface area contributed by atoms with Crippen molar-refractivity contribution in [2.75, 3.05) is 13.1 Å². The molecule has 3 heterocycles. The standard InChI is InChI=1S/C20H16ClF3N2O2S/c21-15-4-3-12(9-14(15)20(22,23)24)13-11-29-16-5-8-26(19(28)18(13)16)10-17(27)25-6-1-2-7-25/h3-5,8-9,11H,1-2,6-7,10H2. The van der Waals surface area contributed by atoms with E-state index >= 15 is 0 Å². The molecule has 0 unspecified atom stereocenters. The lowest BCUT2D eigenvalue weighted by Crippen LogP contribution is -2.34. The molecule has 0 N–H and O–H groups in total. The molecule has 0 atom stereocenters. The second kappa shape index (κ2) is 7.50. The van der Waals surface area contributed by atoms with Crippen LogP contribution in [0.25, 0.3) is 21.2 Å². The highest BCUT2D eigenvalue weighted by molar-refractivity contribution is 7.17. The van der Waals surface area contributed by atoms with Gasteiger partial charge in [-0.3, -0.25) is 9.59 Å². The first-order valence-electron chi connectivity index (χ1n) is 9.01. The molecule has 0 radical (unpaired) electrons. The molecule has 29 heavy (non-hydrogen) atoms. The van der Waals surface area contributed by atoms with Gasteiger partial charge in [-0.1, -0.05) is 17.7 Å². The Bertz CT molecular complexity index is 1150. The van der Waals surface area contributed by atoms with Crippen molar-refractivity contribution in [3.8, 4) is 11.1 Å². The molecule has 1 saturated heterocycles. The highest BCUT2D eigenvalue weighted by Crippen LogP contribution is 2.39. The second-order valence-electron chi connectivity index (χ2n) is 6.92. The van der Waals surface area contributed by atoms with Crippen LogP contribution in [0.4, 0.5) is 13.2 Å². The summed E-state index contributed by atoms with van der Waals surface area (Å²) < 4.78 is 41.7. The van der Waals surface area contributed by atoms with Crippen LogP contribution in [0.3, 0.4) is 0 Å². The van der Waals surface area contributed by atoms with Gasteiger partial charge in [-0.05, 0) is 36.6 Å². The van der Waals surface area contributed by atoms with Crippen LogP contribution in [0.15, 0.2) is 40.6 Å². The van der Waals surface area contributed by atoms with Gasteiger partial charge in [0.05, 0.1) is 16.0 Å². The minimum atomic E-state index is -4.60. The Morgan fingerprint density at radius 1 is 1.17 bits per heavy atom. The Hall–Kier alpha value is -2.32. The Labute approximate surface area is 173 Å². The van der Waals surface area contributed by atoms with Gasteiger partial charge in [-0.2, -0.15) is 13.2 Å². The van der Waals surface area contributed by atoms with Crippen LogP contribution in [0, 0.1) is 0 Å². The van der Waals surface area contributed by atoms with E-state index in [0.717, 1.165) is 18.9 Å². The number of benzene rings is 1. The summed E-state index contributed by atoms with van der Waals surface area (Å²) in [5.41, 5.74) is -0.680. The van der Waals surface area contributed by atoms with Gasteiger partial charge in [-0.15, -0.1) is 11.3 Å². The van der Waals surface area contributed by atoms with E-state index in [1.165, 1.54) is 28.0 Å². The van der Waals surface area contributed by atoms with E-state index in [2.05, 4.69) is 0 Å². The predicted octanol–water partition coefficient (Wildman–Crippen LogP) is 5.02. The van der Waals surface area contributed by atoms with Crippen molar-refractivity contribution in [1.29, 1.82) is 0 Å². The molecule has 152 valence electrons. The summed E-state index contributed by atoms with van der Waals surface area (Å²) in [6.07, 6.45) is -1.14. The monoisotopic (exact) mass is 440 g/mol. The first-order valence-corrected chi connectivity index (χ1v) is 10.3. The number of amides is 1. The number of likely N-dealkylation sites (tertiary alicyclic amines) is 1. The number of fused-ring (bicyclic) bond motifs is 1. The van der Waals surface area contributed by atoms with Crippen molar-refractivity contribution >= 4 is 38.9 Å². The molecule has 9 heteroatoms. The number of halogens is 4. The fourth-order valence-electron chi connectivity index (χ4n) is 3.54. The third-order valence-electron chi connectivity index (χ3n) is 5.05. The van der Waals surface area contributed by atoms with E-state index in [1.807, 2.05) is 0 Å². The van der Waals surface area contributed by atoms with Gasteiger partial charge in [0.25, 0.3) is 5.56 Å². The number of hydrogen-bond acceptors (Lipinski definition) is 3. The summed E-state index contributed by atoms with van der Waals surface area (Å²) in [4.78, 5) is 27.2. The number of pyridine rings is 1. The average molecular weight is 441 g/mol. The summed E-state index contributed by atoms with van der Waals surface area (Å²) in [5, 5.41) is 1.57. The van der Waals surface area contributed by atoms with E-state index in [1.54, 1.807) is 22.5 Å². The summed E-state index contributed by atoms with van der Waals surface area (Å²) in [6, 6.07) is 5.31. The largest absolute Gasteiger partial charge is 0.417 e. The van der Waals surface area contributed by atoms with Crippen LogP contribution in [0.5, 0.6) is 0 Å². The molecule has 0 spiro atoms. The second-order valence-corrected chi connectivity index (χ2v) is 8.24. The molecule has 0 saturated carbocycles. The molecule has 4 rings (SSSR count). The van der Waals surface area contributed by atoms with Crippen LogP contribution in [0.2, 0.25) is 5.02 Å². The van der Waals surface area contributed by atoms with Crippen LogP contribution < -0.4 is 5.56 Å². The van der Waals surface area contributed by atoms with Crippen molar-refractivity contribution in [3.63, 3.8) is 0 Å². The molecular weight excluding hydrogens is 425 g/mol. The third kappa shape index (κ3) is 3.79. The lowest BCUT2D eigenvalue weighted by atomic mass is 10.0. The first kappa shape index (κ1) is 20.0. The Morgan fingerprint density at radius 2 is 1.90 bits per heavy atom. The number of alkyl halides is 3. The highest BCUT2D eigenvalue weighted by atomic mass is 35.5. The number of carbonyl (C=O) groups is 1. The zero-order valence-corrected chi connectivity index (χ0v) is 16.7. The zero-order valence-electron chi connectivity index (χ0n) is 15.1. The van der Waals surface area contributed by atoms with Crippen molar-refractivity contribution in [1.82, 2.24) is 9.47 Å². The fraction of sp³-hybridized carbons (Fsp3) is 0.300. The van der Waals surface area contributed by atoms with E-state index in [0.29, 0.717) is 28.7 Å². The minimum absolute atomic E-state index is 0.0848. The fourth-order valence-corrected chi connectivity index (χ4v) is 4.72. The maximum atomic E-state index is 13.2. The molecule has 0 bridgehead atoms. The first-order chi connectivity index (χ1) is 13.8. The quantitative estimate of drug-likeness (QED) is 0.573. The lowest BCUT2D eigenvalue weighted by molar-refractivity contribution is -0.137. The van der Waals surface area contributed by atoms with Gasteiger partial charge < -0.3 is 9.47 Å². The lowest BCUT2D eigenvalue weighted by Gasteiger charge is -2.16. The molecular formula is C20H16ClF3N2O2S. The summed E-state index contributed by atoms with van der Waals surface area (Å²) in [6.45, 7) is 1.29. The number of thiophene rings is 1. The molecule has 0 aliphatic carbocycles.